The van der Waals surface area contributed by atoms with Gasteiger partial charge in [0.1, 0.15) is 17.2 Å². The summed E-state index contributed by atoms with van der Waals surface area (Å²) >= 11 is 1.28. The van der Waals surface area contributed by atoms with Gasteiger partial charge in [0.25, 0.3) is 0 Å². The number of carbonyl (C=O) groups excluding carboxylic acids is 1. The topological polar surface area (TPSA) is 88.6 Å². The van der Waals surface area contributed by atoms with Crippen molar-refractivity contribution in [1.82, 2.24) is 14.8 Å². The molecule has 0 spiro atoms. The third kappa shape index (κ3) is 4.33. The second-order valence-corrected chi connectivity index (χ2v) is 7.54. The highest BCUT2D eigenvalue weighted by molar-refractivity contribution is 7.99. The van der Waals surface area contributed by atoms with Crippen molar-refractivity contribution in [3.8, 4) is 34.5 Å². The number of rotatable bonds is 9. The molecule has 0 fully saturated rings. The van der Waals surface area contributed by atoms with Crippen LogP contribution >= 0.6 is 11.8 Å². The van der Waals surface area contributed by atoms with E-state index in [1.54, 1.807) is 44.7 Å². The van der Waals surface area contributed by atoms with Crippen LogP contribution in [0.1, 0.15) is 10.4 Å². The molecule has 0 aliphatic rings. The van der Waals surface area contributed by atoms with Crippen molar-refractivity contribution in [2.45, 2.75) is 5.16 Å². The molecular weight excluding hydrogens is 430 g/mol. The van der Waals surface area contributed by atoms with Gasteiger partial charge in [-0.15, -0.1) is 10.2 Å². The molecule has 0 atom stereocenters. The van der Waals surface area contributed by atoms with Crippen LogP contribution in [0.25, 0.3) is 17.3 Å². The number of hydrogen-bond acceptors (Lipinski definition) is 8. The second kappa shape index (κ2) is 9.61. The quantitative estimate of drug-likeness (QED) is 0.271. The number of hydrogen-bond donors (Lipinski definition) is 0. The summed E-state index contributed by atoms with van der Waals surface area (Å²) in [4.78, 5) is 13.0. The summed E-state index contributed by atoms with van der Waals surface area (Å²) in [7, 11) is 4.70. The van der Waals surface area contributed by atoms with E-state index in [1.807, 2.05) is 34.9 Å². The SMILES string of the molecule is COc1ccc(-n2c(SCC(=O)c3cc(OC)ccc3OC)nnc2-c2ccco2)cc1. The van der Waals surface area contributed by atoms with Crippen molar-refractivity contribution < 1.29 is 23.4 Å². The molecule has 0 N–H and O–H groups in total. The molecule has 4 rings (SSSR count). The summed E-state index contributed by atoms with van der Waals surface area (Å²) in [5.41, 5.74) is 1.26. The Kier molecular flexibility index (Phi) is 6.46. The minimum absolute atomic E-state index is 0.116. The molecule has 0 aliphatic heterocycles. The Morgan fingerprint density at radius 3 is 2.38 bits per heavy atom. The van der Waals surface area contributed by atoms with Gasteiger partial charge in [0, 0.05) is 0 Å². The fraction of sp³-hybridized carbons (Fsp3) is 0.174. The third-order valence-electron chi connectivity index (χ3n) is 4.74. The summed E-state index contributed by atoms with van der Waals surface area (Å²) in [6, 6.07) is 16.2. The highest BCUT2D eigenvalue weighted by Crippen LogP contribution is 2.31. The third-order valence-corrected chi connectivity index (χ3v) is 5.67. The van der Waals surface area contributed by atoms with E-state index in [1.165, 1.54) is 18.9 Å². The largest absolute Gasteiger partial charge is 0.497 e. The van der Waals surface area contributed by atoms with Gasteiger partial charge in [0.15, 0.2) is 16.7 Å². The van der Waals surface area contributed by atoms with Crippen LogP contribution in [0.2, 0.25) is 0 Å². The molecule has 4 aromatic rings. The molecule has 0 unspecified atom stereocenters. The summed E-state index contributed by atoms with van der Waals surface area (Å²) in [5, 5.41) is 9.16. The molecular formula is C23H21N3O5S. The van der Waals surface area contributed by atoms with E-state index in [-0.39, 0.29) is 11.5 Å². The van der Waals surface area contributed by atoms with Gasteiger partial charge in [-0.25, -0.2) is 0 Å². The molecule has 2 aromatic heterocycles. The standard InChI is InChI=1S/C23H21N3O5S/c1-28-16-8-6-15(7-9-16)26-22(21-5-4-12-31-21)24-25-23(26)32-14-19(27)18-13-17(29-2)10-11-20(18)30-3/h4-13H,14H2,1-3H3. The van der Waals surface area contributed by atoms with Crippen molar-refractivity contribution >= 4 is 17.5 Å². The second-order valence-electron chi connectivity index (χ2n) is 6.59. The Balaban J connectivity index is 1.65. The average Bonchev–Trinajstić information content (AvgIpc) is 3.52. The van der Waals surface area contributed by atoms with Crippen LogP contribution in [0.3, 0.4) is 0 Å². The maximum absolute atomic E-state index is 13.0. The van der Waals surface area contributed by atoms with E-state index in [9.17, 15) is 4.79 Å². The molecule has 0 saturated heterocycles. The van der Waals surface area contributed by atoms with E-state index in [4.69, 9.17) is 18.6 Å². The van der Waals surface area contributed by atoms with Gasteiger partial charge in [-0.2, -0.15) is 0 Å². The Morgan fingerprint density at radius 2 is 1.72 bits per heavy atom. The summed E-state index contributed by atoms with van der Waals surface area (Å²) < 4.78 is 23.2. The van der Waals surface area contributed by atoms with Gasteiger partial charge in [0.05, 0.1) is 44.6 Å². The fourth-order valence-corrected chi connectivity index (χ4v) is 3.97. The Labute approximate surface area is 189 Å². The highest BCUT2D eigenvalue weighted by Gasteiger charge is 2.21. The predicted octanol–water partition coefficient (Wildman–Crippen LogP) is 4.53. The summed E-state index contributed by atoms with van der Waals surface area (Å²) in [6.07, 6.45) is 1.58. The maximum atomic E-state index is 13.0. The number of ketones is 1. The Morgan fingerprint density at radius 1 is 0.969 bits per heavy atom. The monoisotopic (exact) mass is 451 g/mol. The lowest BCUT2D eigenvalue weighted by Gasteiger charge is -2.11. The van der Waals surface area contributed by atoms with Crippen LogP contribution in [-0.4, -0.2) is 47.6 Å². The van der Waals surface area contributed by atoms with Crippen molar-refractivity contribution in [2.75, 3.05) is 27.1 Å². The lowest BCUT2D eigenvalue weighted by molar-refractivity contribution is 0.101. The summed E-state index contributed by atoms with van der Waals surface area (Å²) in [5.74, 6) is 2.93. The molecule has 2 heterocycles. The number of Topliss-reactive ketones (excluding diaryl/α,β-unsaturated/α-hetero) is 1. The first-order valence-corrected chi connectivity index (χ1v) is 10.6. The molecule has 0 radical (unpaired) electrons. The van der Waals surface area contributed by atoms with Crippen molar-refractivity contribution in [2.24, 2.45) is 0 Å². The van der Waals surface area contributed by atoms with Crippen LogP contribution in [0.5, 0.6) is 17.2 Å². The smallest absolute Gasteiger partial charge is 0.205 e. The number of carbonyl (C=O) groups is 1. The van der Waals surface area contributed by atoms with E-state index < -0.39 is 0 Å². The van der Waals surface area contributed by atoms with Gasteiger partial charge in [-0.3, -0.25) is 9.36 Å². The van der Waals surface area contributed by atoms with Crippen molar-refractivity contribution in [3.05, 3.63) is 66.4 Å². The molecule has 2 aromatic carbocycles. The van der Waals surface area contributed by atoms with Crippen LogP contribution in [0.4, 0.5) is 0 Å². The van der Waals surface area contributed by atoms with E-state index in [2.05, 4.69) is 10.2 Å². The zero-order valence-electron chi connectivity index (χ0n) is 17.8. The molecule has 0 bridgehead atoms. The van der Waals surface area contributed by atoms with E-state index >= 15 is 0 Å². The molecule has 0 amide bonds. The number of nitrogens with zero attached hydrogens (tertiary/aromatic N) is 3. The first-order valence-electron chi connectivity index (χ1n) is 9.66. The number of benzene rings is 2. The van der Waals surface area contributed by atoms with Gasteiger partial charge in [-0.1, -0.05) is 11.8 Å². The fourth-order valence-electron chi connectivity index (χ4n) is 3.13. The lowest BCUT2D eigenvalue weighted by atomic mass is 10.1. The minimum Gasteiger partial charge on any atom is -0.497 e. The molecule has 164 valence electrons. The van der Waals surface area contributed by atoms with Crippen molar-refractivity contribution in [3.63, 3.8) is 0 Å². The van der Waals surface area contributed by atoms with Crippen LogP contribution in [0, 0.1) is 0 Å². The first kappa shape index (κ1) is 21.5. The van der Waals surface area contributed by atoms with Gasteiger partial charge in [-0.05, 0) is 54.6 Å². The van der Waals surface area contributed by atoms with Crippen molar-refractivity contribution in [1.29, 1.82) is 0 Å². The number of thioether (sulfide) groups is 1. The maximum Gasteiger partial charge on any atom is 0.205 e. The van der Waals surface area contributed by atoms with Gasteiger partial charge < -0.3 is 18.6 Å². The van der Waals surface area contributed by atoms with E-state index in [0.29, 0.717) is 33.8 Å². The zero-order chi connectivity index (χ0) is 22.5. The number of furan rings is 1. The average molecular weight is 452 g/mol. The number of ether oxygens (including phenoxy) is 3. The molecule has 9 heteroatoms. The Hall–Kier alpha value is -3.72. The lowest BCUT2D eigenvalue weighted by Crippen LogP contribution is -2.07. The zero-order valence-corrected chi connectivity index (χ0v) is 18.6. The van der Waals surface area contributed by atoms with Gasteiger partial charge >= 0.3 is 0 Å². The van der Waals surface area contributed by atoms with E-state index in [0.717, 1.165) is 11.4 Å². The van der Waals surface area contributed by atoms with Crippen LogP contribution < -0.4 is 14.2 Å². The highest BCUT2D eigenvalue weighted by atomic mass is 32.2. The predicted molar refractivity (Wildman–Crippen MR) is 120 cm³/mol. The van der Waals surface area contributed by atoms with Crippen LogP contribution in [-0.2, 0) is 0 Å². The molecule has 0 aliphatic carbocycles. The minimum atomic E-state index is -0.116. The molecule has 8 nitrogen and oxygen atoms in total. The van der Waals surface area contributed by atoms with Gasteiger partial charge in [0.2, 0.25) is 5.82 Å². The molecule has 32 heavy (non-hydrogen) atoms. The number of methoxy groups -OCH3 is 3. The van der Waals surface area contributed by atoms with Crippen LogP contribution in [0.15, 0.2) is 70.4 Å². The molecule has 0 saturated carbocycles. The number of aromatic nitrogens is 3. The summed E-state index contributed by atoms with van der Waals surface area (Å²) in [6.45, 7) is 0. The normalized spacial score (nSPS) is 10.7. The first-order chi connectivity index (χ1) is 15.6. The Bertz CT molecular complexity index is 1200.